The van der Waals surface area contributed by atoms with Crippen molar-refractivity contribution in [1.82, 2.24) is 10.2 Å². The van der Waals surface area contributed by atoms with E-state index in [1.807, 2.05) is 37.3 Å². The Bertz CT molecular complexity index is 744. The highest BCUT2D eigenvalue weighted by Crippen LogP contribution is 2.29. The van der Waals surface area contributed by atoms with Crippen LogP contribution in [0.25, 0.3) is 0 Å². The Morgan fingerprint density at radius 2 is 2.00 bits per heavy atom. The van der Waals surface area contributed by atoms with Crippen LogP contribution in [0.5, 0.6) is 0 Å². The molecule has 1 aromatic carbocycles. The molecule has 0 radical (unpaired) electrons. The molecule has 1 amide bonds. The summed E-state index contributed by atoms with van der Waals surface area (Å²) < 4.78 is 10.00. The maximum Gasteiger partial charge on any atom is 0.354 e. The molecule has 150 valence electrons. The molecule has 1 heterocycles. The van der Waals surface area contributed by atoms with Crippen molar-refractivity contribution in [3.05, 3.63) is 60.3 Å². The Morgan fingerprint density at radius 3 is 2.61 bits per heavy atom. The lowest BCUT2D eigenvalue weighted by atomic mass is 9.90. The molecular weight excluding hydrogens is 360 g/mol. The van der Waals surface area contributed by atoms with Crippen LogP contribution in [0, 0.1) is 0 Å². The van der Waals surface area contributed by atoms with Gasteiger partial charge in [0, 0.05) is 0 Å². The molecule has 0 unspecified atom stereocenters. The predicted octanol–water partition coefficient (Wildman–Crippen LogP) is 1.94. The summed E-state index contributed by atoms with van der Waals surface area (Å²) in [6.45, 7) is 5.65. The first-order chi connectivity index (χ1) is 13.5. The SMILES string of the molecule is C=CC[C@@H]1[C@@H](NCC(=O)OCc2ccccc2)C(=O)N1C(=CCC)C(=O)OC. The molecule has 0 spiro atoms. The topological polar surface area (TPSA) is 84.9 Å². The minimum absolute atomic E-state index is 0.101. The first kappa shape index (κ1) is 21.4. The molecule has 1 saturated heterocycles. The van der Waals surface area contributed by atoms with E-state index in [4.69, 9.17) is 9.47 Å². The van der Waals surface area contributed by atoms with Gasteiger partial charge >= 0.3 is 11.9 Å². The summed E-state index contributed by atoms with van der Waals surface area (Å²) in [4.78, 5) is 38.0. The van der Waals surface area contributed by atoms with Gasteiger partial charge in [0.05, 0.1) is 19.7 Å². The van der Waals surface area contributed by atoms with Crippen molar-refractivity contribution in [2.24, 2.45) is 0 Å². The molecule has 1 fully saturated rings. The van der Waals surface area contributed by atoms with Crippen LogP contribution in [0.4, 0.5) is 0 Å². The van der Waals surface area contributed by atoms with E-state index in [9.17, 15) is 14.4 Å². The number of hydrogen-bond acceptors (Lipinski definition) is 6. The molecule has 0 bridgehead atoms. The number of carbonyl (C=O) groups is 3. The monoisotopic (exact) mass is 386 g/mol. The second kappa shape index (κ2) is 10.4. The fraction of sp³-hybridized carbons (Fsp3) is 0.381. The minimum atomic E-state index is -0.591. The fourth-order valence-electron chi connectivity index (χ4n) is 3.04. The molecule has 1 N–H and O–H groups in total. The lowest BCUT2D eigenvalue weighted by Gasteiger charge is -2.47. The minimum Gasteiger partial charge on any atom is -0.464 e. The average Bonchev–Trinajstić information content (AvgIpc) is 2.71. The number of allylic oxidation sites excluding steroid dienone is 1. The molecule has 7 heteroatoms. The summed E-state index contributed by atoms with van der Waals surface area (Å²) in [6, 6.07) is 8.44. The molecule has 2 atom stereocenters. The van der Waals surface area contributed by atoms with E-state index in [2.05, 4.69) is 11.9 Å². The van der Waals surface area contributed by atoms with E-state index in [1.165, 1.54) is 12.0 Å². The number of benzene rings is 1. The average molecular weight is 386 g/mol. The standard InChI is InChI=1S/C21H26N2O5/c1-4-9-16-19(20(25)23(16)17(10-5-2)21(26)27-3)22-13-18(24)28-14-15-11-7-6-8-12-15/h4,6-8,10-12,16,19,22H,1,5,9,13-14H2,2-3H3/t16-,19-/m1/s1. The second-order valence-corrected chi connectivity index (χ2v) is 6.29. The van der Waals surface area contributed by atoms with Crippen LogP contribution < -0.4 is 5.32 Å². The number of β-lactam (4-membered cyclic amide) rings is 1. The van der Waals surface area contributed by atoms with Crippen molar-refractivity contribution in [1.29, 1.82) is 0 Å². The number of ether oxygens (including phenoxy) is 2. The van der Waals surface area contributed by atoms with Crippen molar-refractivity contribution < 1.29 is 23.9 Å². The van der Waals surface area contributed by atoms with Crippen LogP contribution in [0.3, 0.4) is 0 Å². The molecule has 2 rings (SSSR count). The van der Waals surface area contributed by atoms with Gasteiger partial charge in [-0.1, -0.05) is 49.4 Å². The fourth-order valence-corrected chi connectivity index (χ4v) is 3.04. The lowest BCUT2D eigenvalue weighted by molar-refractivity contribution is -0.155. The molecule has 0 aliphatic carbocycles. The highest BCUT2D eigenvalue weighted by Gasteiger charge is 2.49. The van der Waals surface area contributed by atoms with Gasteiger partial charge in [0.25, 0.3) is 0 Å². The number of rotatable bonds is 10. The molecule has 0 aromatic heterocycles. The van der Waals surface area contributed by atoms with Gasteiger partial charge in [-0.05, 0) is 18.4 Å². The van der Waals surface area contributed by atoms with E-state index < -0.39 is 18.0 Å². The van der Waals surface area contributed by atoms with Crippen LogP contribution >= 0.6 is 0 Å². The third kappa shape index (κ3) is 5.07. The zero-order valence-corrected chi connectivity index (χ0v) is 16.2. The highest BCUT2D eigenvalue weighted by molar-refractivity contribution is 6.00. The van der Waals surface area contributed by atoms with Gasteiger partial charge in [-0.25, -0.2) is 4.79 Å². The van der Waals surface area contributed by atoms with E-state index in [0.717, 1.165) is 5.56 Å². The quantitative estimate of drug-likeness (QED) is 0.286. The van der Waals surface area contributed by atoms with E-state index in [-0.39, 0.29) is 30.8 Å². The number of carbonyl (C=O) groups excluding carboxylic acids is 3. The Labute approximate surface area is 165 Å². The van der Waals surface area contributed by atoms with Gasteiger partial charge in [-0.3, -0.25) is 19.8 Å². The molecule has 28 heavy (non-hydrogen) atoms. The molecular formula is C21H26N2O5. The van der Waals surface area contributed by atoms with Crippen molar-refractivity contribution in [2.45, 2.75) is 38.5 Å². The number of nitrogens with one attached hydrogen (secondary N) is 1. The first-order valence-corrected chi connectivity index (χ1v) is 9.18. The highest BCUT2D eigenvalue weighted by atomic mass is 16.5. The van der Waals surface area contributed by atoms with Crippen molar-refractivity contribution in [2.75, 3.05) is 13.7 Å². The van der Waals surface area contributed by atoms with Crippen LogP contribution in [0.1, 0.15) is 25.3 Å². The zero-order chi connectivity index (χ0) is 20.5. The van der Waals surface area contributed by atoms with Gasteiger partial charge in [-0.2, -0.15) is 0 Å². The number of likely N-dealkylation sites (tertiary alicyclic amines) is 1. The summed E-state index contributed by atoms with van der Waals surface area (Å²) in [5, 5.41) is 2.93. The van der Waals surface area contributed by atoms with Gasteiger partial charge in [0.2, 0.25) is 5.91 Å². The van der Waals surface area contributed by atoms with Gasteiger partial charge < -0.3 is 9.47 Å². The molecule has 7 nitrogen and oxygen atoms in total. The lowest BCUT2D eigenvalue weighted by Crippen LogP contribution is -2.70. The third-order valence-corrected chi connectivity index (χ3v) is 4.39. The number of hydrogen-bond donors (Lipinski definition) is 1. The van der Waals surface area contributed by atoms with Crippen molar-refractivity contribution in [3.63, 3.8) is 0 Å². The summed E-state index contributed by atoms with van der Waals surface area (Å²) in [6.07, 6.45) is 4.39. The Morgan fingerprint density at radius 1 is 1.29 bits per heavy atom. The third-order valence-electron chi connectivity index (χ3n) is 4.39. The smallest absolute Gasteiger partial charge is 0.354 e. The van der Waals surface area contributed by atoms with Crippen molar-refractivity contribution in [3.8, 4) is 0 Å². The largest absolute Gasteiger partial charge is 0.464 e. The van der Waals surface area contributed by atoms with Crippen LogP contribution in [-0.4, -0.2) is 48.5 Å². The Balaban J connectivity index is 1.95. The predicted molar refractivity (Wildman–Crippen MR) is 104 cm³/mol. The van der Waals surface area contributed by atoms with E-state index in [0.29, 0.717) is 12.8 Å². The van der Waals surface area contributed by atoms with E-state index >= 15 is 0 Å². The maximum absolute atomic E-state index is 12.6. The summed E-state index contributed by atoms with van der Waals surface area (Å²) in [5.74, 6) is -1.30. The van der Waals surface area contributed by atoms with Crippen LogP contribution in [0.15, 0.2) is 54.8 Å². The normalized spacial score (nSPS) is 19.0. The van der Waals surface area contributed by atoms with Gasteiger partial charge in [-0.15, -0.1) is 6.58 Å². The zero-order valence-electron chi connectivity index (χ0n) is 16.2. The van der Waals surface area contributed by atoms with Crippen LogP contribution in [-0.2, 0) is 30.5 Å². The number of nitrogens with zero attached hydrogens (tertiary/aromatic N) is 1. The second-order valence-electron chi connectivity index (χ2n) is 6.29. The number of amides is 1. The van der Waals surface area contributed by atoms with Gasteiger partial charge in [0.1, 0.15) is 18.3 Å². The molecule has 1 aromatic rings. The number of methoxy groups -OCH3 is 1. The first-order valence-electron chi connectivity index (χ1n) is 9.18. The summed E-state index contributed by atoms with van der Waals surface area (Å²) in [5.41, 5.74) is 1.10. The molecule has 0 saturated carbocycles. The summed E-state index contributed by atoms with van der Waals surface area (Å²) >= 11 is 0. The Kier molecular flexibility index (Phi) is 7.95. The van der Waals surface area contributed by atoms with Crippen molar-refractivity contribution >= 4 is 17.8 Å². The molecule has 1 aliphatic heterocycles. The summed E-state index contributed by atoms with van der Waals surface area (Å²) in [7, 11) is 1.27. The Hall–Kier alpha value is -2.93. The van der Waals surface area contributed by atoms with Crippen LogP contribution in [0.2, 0.25) is 0 Å². The molecule has 1 aliphatic rings. The van der Waals surface area contributed by atoms with E-state index in [1.54, 1.807) is 12.2 Å². The van der Waals surface area contributed by atoms with Gasteiger partial charge in [0.15, 0.2) is 0 Å². The number of esters is 2. The maximum atomic E-state index is 12.6.